The van der Waals surface area contributed by atoms with Crippen molar-refractivity contribution >= 4 is 18.0 Å². The summed E-state index contributed by atoms with van der Waals surface area (Å²) in [4.78, 5) is 10.7. The molecular weight excluding hydrogens is 204 g/mol. The zero-order valence-corrected chi connectivity index (χ0v) is 10.3. The molecule has 0 amide bonds. The molecule has 0 spiro atoms. The fourth-order valence-corrected chi connectivity index (χ4v) is 4.43. The van der Waals surface area contributed by atoms with Gasteiger partial charge in [0.2, 0.25) is 0 Å². The third-order valence-electron chi connectivity index (χ3n) is 4.03. The van der Waals surface area contributed by atoms with Crippen molar-refractivity contribution in [2.24, 2.45) is 11.8 Å². The summed E-state index contributed by atoms with van der Waals surface area (Å²) >= 11 is 1.89. The van der Waals surface area contributed by atoms with Gasteiger partial charge in [0.1, 0.15) is 6.29 Å². The monoisotopic (exact) mass is 226 g/mol. The molecule has 1 aliphatic carbocycles. The maximum absolute atomic E-state index is 10.7. The lowest BCUT2D eigenvalue weighted by molar-refractivity contribution is -0.107. The van der Waals surface area contributed by atoms with Gasteiger partial charge in [0, 0.05) is 0 Å². The molecule has 2 aliphatic rings. The Kier molecular flexibility index (Phi) is 4.55. The Morgan fingerprint density at radius 1 is 0.933 bits per heavy atom. The predicted molar refractivity (Wildman–Crippen MR) is 66.2 cm³/mol. The largest absolute Gasteiger partial charge is 0.302 e. The number of thioether (sulfide) groups is 1. The van der Waals surface area contributed by atoms with Crippen molar-refractivity contribution in [1.82, 2.24) is 0 Å². The second-order valence-electron chi connectivity index (χ2n) is 5.11. The smallest absolute Gasteiger partial charge is 0.132 e. The van der Waals surface area contributed by atoms with Crippen molar-refractivity contribution in [1.29, 1.82) is 0 Å². The van der Waals surface area contributed by atoms with Gasteiger partial charge >= 0.3 is 0 Å². The molecule has 1 saturated carbocycles. The van der Waals surface area contributed by atoms with Crippen molar-refractivity contribution < 1.29 is 4.79 Å². The summed E-state index contributed by atoms with van der Waals surface area (Å²) in [5, 5.41) is 0.320. The molecule has 2 atom stereocenters. The standard InChI is InChI=1S/C13H22OS/c14-9-13-8-12(10-15-13)11-6-4-2-1-3-5-7-11/h9,11-13H,1-8,10H2. The van der Waals surface area contributed by atoms with Crippen molar-refractivity contribution in [3.8, 4) is 0 Å². The summed E-state index contributed by atoms with van der Waals surface area (Å²) in [6.07, 6.45) is 12.4. The predicted octanol–water partition coefficient (Wildman–Crippen LogP) is 3.67. The fourth-order valence-electron chi connectivity index (χ4n) is 3.06. The first-order chi connectivity index (χ1) is 7.40. The quantitative estimate of drug-likeness (QED) is 0.668. The lowest BCUT2D eigenvalue weighted by atomic mass is 9.81. The molecule has 0 N–H and O–H groups in total. The molecule has 1 aliphatic heterocycles. The third kappa shape index (κ3) is 3.24. The zero-order valence-electron chi connectivity index (χ0n) is 9.49. The maximum atomic E-state index is 10.7. The van der Waals surface area contributed by atoms with Crippen molar-refractivity contribution in [3.05, 3.63) is 0 Å². The van der Waals surface area contributed by atoms with Gasteiger partial charge in [0.25, 0.3) is 0 Å². The summed E-state index contributed by atoms with van der Waals surface area (Å²) in [5.41, 5.74) is 0. The summed E-state index contributed by atoms with van der Waals surface area (Å²) < 4.78 is 0. The molecule has 0 bridgehead atoms. The normalized spacial score (nSPS) is 34.7. The number of carbonyl (C=O) groups excluding carboxylic acids is 1. The van der Waals surface area contributed by atoms with Crippen LogP contribution in [0.25, 0.3) is 0 Å². The summed E-state index contributed by atoms with van der Waals surface area (Å²) in [7, 11) is 0. The van der Waals surface area contributed by atoms with Gasteiger partial charge in [0.05, 0.1) is 5.25 Å². The lowest BCUT2D eigenvalue weighted by Crippen LogP contribution is -2.16. The van der Waals surface area contributed by atoms with E-state index in [4.69, 9.17) is 0 Å². The van der Waals surface area contributed by atoms with E-state index in [2.05, 4.69) is 0 Å². The van der Waals surface area contributed by atoms with Gasteiger partial charge in [-0.05, 0) is 24.0 Å². The molecule has 0 radical (unpaired) electrons. The number of rotatable bonds is 2. The van der Waals surface area contributed by atoms with E-state index in [0.717, 1.165) is 18.1 Å². The van der Waals surface area contributed by atoms with E-state index in [9.17, 15) is 4.79 Å². The summed E-state index contributed by atoms with van der Waals surface area (Å²) in [6.45, 7) is 0. The molecule has 2 heteroatoms. The van der Waals surface area contributed by atoms with E-state index in [1.165, 1.54) is 57.1 Å². The van der Waals surface area contributed by atoms with Crippen LogP contribution in [0, 0.1) is 11.8 Å². The molecule has 2 fully saturated rings. The van der Waals surface area contributed by atoms with Crippen molar-refractivity contribution in [2.75, 3.05) is 5.75 Å². The molecule has 1 nitrogen and oxygen atoms in total. The van der Waals surface area contributed by atoms with Gasteiger partial charge in [-0.15, -0.1) is 0 Å². The molecule has 0 aromatic rings. The van der Waals surface area contributed by atoms with E-state index < -0.39 is 0 Å². The van der Waals surface area contributed by atoms with E-state index in [0.29, 0.717) is 5.25 Å². The minimum absolute atomic E-state index is 0.320. The average Bonchev–Trinajstić information content (AvgIpc) is 2.65. The molecule has 2 rings (SSSR count). The average molecular weight is 226 g/mol. The lowest BCUT2D eigenvalue weighted by Gasteiger charge is -2.24. The Balaban J connectivity index is 1.82. The minimum Gasteiger partial charge on any atom is -0.302 e. The highest BCUT2D eigenvalue weighted by Gasteiger charge is 2.30. The van der Waals surface area contributed by atoms with Crippen LogP contribution in [0.15, 0.2) is 0 Å². The first-order valence-corrected chi connectivity index (χ1v) is 7.52. The first-order valence-electron chi connectivity index (χ1n) is 6.47. The topological polar surface area (TPSA) is 17.1 Å². The van der Waals surface area contributed by atoms with Crippen LogP contribution in [0.2, 0.25) is 0 Å². The van der Waals surface area contributed by atoms with Crippen LogP contribution in [-0.2, 0) is 4.79 Å². The highest BCUT2D eigenvalue weighted by molar-refractivity contribution is 8.00. The van der Waals surface area contributed by atoms with Crippen molar-refractivity contribution in [3.63, 3.8) is 0 Å². The Hall–Kier alpha value is 0.0200. The highest BCUT2D eigenvalue weighted by Crippen LogP contribution is 2.39. The van der Waals surface area contributed by atoms with Gasteiger partial charge < -0.3 is 4.79 Å². The third-order valence-corrected chi connectivity index (χ3v) is 5.38. The molecule has 1 saturated heterocycles. The SMILES string of the molecule is O=CC1CC(C2CCCCCCC2)CS1. The molecular formula is C13H22OS. The molecule has 0 aromatic heterocycles. The Bertz CT molecular complexity index is 197. The van der Waals surface area contributed by atoms with Crippen LogP contribution in [0.3, 0.4) is 0 Å². The molecule has 0 aromatic carbocycles. The number of carbonyl (C=O) groups is 1. The molecule has 2 unspecified atom stereocenters. The van der Waals surface area contributed by atoms with Crippen molar-refractivity contribution in [2.45, 2.75) is 56.6 Å². The van der Waals surface area contributed by atoms with Gasteiger partial charge in [-0.25, -0.2) is 0 Å². The highest BCUT2D eigenvalue weighted by atomic mass is 32.2. The van der Waals surface area contributed by atoms with Crippen LogP contribution >= 0.6 is 11.8 Å². The number of hydrogen-bond donors (Lipinski definition) is 0. The molecule has 1 heterocycles. The van der Waals surface area contributed by atoms with Crippen LogP contribution in [0.4, 0.5) is 0 Å². The van der Waals surface area contributed by atoms with E-state index >= 15 is 0 Å². The second kappa shape index (κ2) is 5.93. The minimum atomic E-state index is 0.320. The van der Waals surface area contributed by atoms with Crippen LogP contribution in [0.1, 0.15) is 51.4 Å². The Morgan fingerprint density at radius 2 is 1.60 bits per heavy atom. The van der Waals surface area contributed by atoms with E-state index in [1.54, 1.807) is 0 Å². The van der Waals surface area contributed by atoms with Crippen LogP contribution in [-0.4, -0.2) is 17.3 Å². The summed E-state index contributed by atoms with van der Waals surface area (Å²) in [5.74, 6) is 3.03. The van der Waals surface area contributed by atoms with Gasteiger partial charge in [0.15, 0.2) is 0 Å². The van der Waals surface area contributed by atoms with Gasteiger partial charge in [-0.3, -0.25) is 0 Å². The van der Waals surface area contributed by atoms with E-state index in [-0.39, 0.29) is 0 Å². The number of aldehydes is 1. The first kappa shape index (κ1) is 11.5. The molecule has 86 valence electrons. The van der Waals surface area contributed by atoms with Crippen LogP contribution < -0.4 is 0 Å². The second-order valence-corrected chi connectivity index (χ2v) is 6.38. The maximum Gasteiger partial charge on any atom is 0.132 e. The van der Waals surface area contributed by atoms with Crippen LogP contribution in [0.5, 0.6) is 0 Å². The van der Waals surface area contributed by atoms with E-state index in [1.807, 2.05) is 11.8 Å². The Labute approximate surface area is 97.4 Å². The van der Waals surface area contributed by atoms with Gasteiger partial charge in [-0.1, -0.05) is 44.9 Å². The van der Waals surface area contributed by atoms with Gasteiger partial charge in [-0.2, -0.15) is 11.8 Å². The fraction of sp³-hybridized carbons (Fsp3) is 0.923. The molecule has 15 heavy (non-hydrogen) atoms. The zero-order chi connectivity index (χ0) is 10.5. The number of hydrogen-bond acceptors (Lipinski definition) is 2. The summed E-state index contributed by atoms with van der Waals surface area (Å²) in [6, 6.07) is 0. The Morgan fingerprint density at radius 3 is 2.20 bits per heavy atom.